The Morgan fingerprint density at radius 2 is 1.82 bits per heavy atom. The Bertz CT molecular complexity index is 516. The van der Waals surface area contributed by atoms with E-state index in [-0.39, 0.29) is 0 Å². The van der Waals surface area contributed by atoms with E-state index in [9.17, 15) is 0 Å². The lowest BCUT2D eigenvalue weighted by molar-refractivity contribution is 1.20. The average molecular weight is 308 g/mol. The maximum Gasteiger partial charge on any atom is 0.0722 e. The van der Waals surface area contributed by atoms with Crippen molar-refractivity contribution in [3.63, 3.8) is 0 Å². The van der Waals surface area contributed by atoms with Gasteiger partial charge in [-0.3, -0.25) is 0 Å². The van der Waals surface area contributed by atoms with Crippen molar-refractivity contribution in [1.82, 2.24) is 0 Å². The topological polar surface area (TPSA) is 38.0 Å². The van der Waals surface area contributed by atoms with E-state index in [0.717, 1.165) is 10.6 Å². The van der Waals surface area contributed by atoms with Gasteiger partial charge in [-0.15, -0.1) is 11.3 Å². The monoisotopic (exact) mass is 306 g/mol. The molecule has 0 saturated heterocycles. The molecule has 0 radical (unpaired) electrons. The minimum atomic E-state index is 0.498. The number of anilines is 2. The first-order valence-electron chi connectivity index (χ1n) is 4.78. The average Bonchev–Trinajstić information content (AvgIpc) is 2.62. The fourth-order valence-corrected chi connectivity index (χ4v) is 3.06. The Hall–Kier alpha value is -0.610. The van der Waals surface area contributed by atoms with Gasteiger partial charge in [0.15, 0.2) is 0 Å². The highest BCUT2D eigenvalue weighted by Crippen LogP contribution is 2.34. The number of hydrogen-bond acceptors (Lipinski definition) is 3. The fourth-order valence-electron chi connectivity index (χ4n) is 1.37. The van der Waals surface area contributed by atoms with Crippen molar-refractivity contribution >= 4 is 57.5 Å². The summed E-state index contributed by atoms with van der Waals surface area (Å²) < 4.78 is 0. The highest BCUT2D eigenvalue weighted by atomic mass is 35.5. The number of nitrogens with one attached hydrogen (secondary N) is 1. The molecule has 0 bridgehead atoms. The molecular weight excluding hydrogens is 299 g/mol. The Morgan fingerprint density at radius 1 is 1.18 bits per heavy atom. The minimum Gasteiger partial charge on any atom is -0.398 e. The van der Waals surface area contributed by atoms with Crippen molar-refractivity contribution in [3.8, 4) is 0 Å². The normalized spacial score (nSPS) is 10.5. The van der Waals surface area contributed by atoms with Crippen LogP contribution in [-0.2, 0) is 6.54 Å². The Labute approximate surface area is 118 Å². The van der Waals surface area contributed by atoms with Crippen LogP contribution in [0.2, 0.25) is 15.1 Å². The fraction of sp³-hybridized carbons (Fsp3) is 0.0909. The number of hydrogen-bond donors (Lipinski definition) is 2. The first-order chi connectivity index (χ1) is 8.08. The molecule has 90 valence electrons. The smallest absolute Gasteiger partial charge is 0.0722 e. The lowest BCUT2D eigenvalue weighted by Gasteiger charge is -2.10. The third-order valence-corrected chi connectivity index (χ3v) is 3.96. The number of rotatable bonds is 3. The van der Waals surface area contributed by atoms with Gasteiger partial charge in [0.25, 0.3) is 0 Å². The van der Waals surface area contributed by atoms with Crippen LogP contribution >= 0.6 is 46.1 Å². The Morgan fingerprint density at radius 3 is 2.35 bits per heavy atom. The molecule has 2 aromatic rings. The van der Waals surface area contributed by atoms with Crippen LogP contribution in [0.15, 0.2) is 23.6 Å². The quantitative estimate of drug-likeness (QED) is 0.846. The lowest BCUT2D eigenvalue weighted by Crippen LogP contribution is -2.01. The van der Waals surface area contributed by atoms with E-state index in [4.69, 9.17) is 40.5 Å². The molecule has 0 aliphatic carbocycles. The van der Waals surface area contributed by atoms with Crippen molar-refractivity contribution in [2.24, 2.45) is 0 Å². The molecule has 1 heterocycles. The van der Waals surface area contributed by atoms with Crippen LogP contribution in [-0.4, -0.2) is 0 Å². The Kier molecular flexibility index (Phi) is 4.05. The SMILES string of the molecule is Nc1ccsc1CNc1c(Cl)cc(Cl)cc1Cl. The number of benzene rings is 1. The van der Waals surface area contributed by atoms with Crippen molar-refractivity contribution in [2.75, 3.05) is 11.1 Å². The minimum absolute atomic E-state index is 0.498. The molecular formula is C11H9Cl3N2S. The summed E-state index contributed by atoms with van der Waals surface area (Å²) in [4.78, 5) is 1.05. The van der Waals surface area contributed by atoms with Gasteiger partial charge in [-0.25, -0.2) is 0 Å². The summed E-state index contributed by atoms with van der Waals surface area (Å²) in [6, 6.07) is 5.16. The van der Waals surface area contributed by atoms with Gasteiger partial charge in [-0.2, -0.15) is 0 Å². The summed E-state index contributed by atoms with van der Waals surface area (Å²) in [6.07, 6.45) is 0. The molecule has 0 aliphatic rings. The molecule has 0 atom stereocenters. The predicted octanol–water partition coefficient (Wildman–Crippen LogP) is 4.90. The van der Waals surface area contributed by atoms with Crippen LogP contribution in [0.3, 0.4) is 0 Å². The van der Waals surface area contributed by atoms with Gasteiger partial charge in [-0.1, -0.05) is 34.8 Å². The third-order valence-electron chi connectivity index (χ3n) is 2.21. The third kappa shape index (κ3) is 2.99. The van der Waals surface area contributed by atoms with Crippen molar-refractivity contribution in [3.05, 3.63) is 43.5 Å². The van der Waals surface area contributed by atoms with Gasteiger partial charge < -0.3 is 11.1 Å². The van der Waals surface area contributed by atoms with Crippen molar-refractivity contribution in [1.29, 1.82) is 0 Å². The molecule has 1 aromatic carbocycles. The maximum absolute atomic E-state index is 6.06. The van der Waals surface area contributed by atoms with Crippen LogP contribution in [0, 0.1) is 0 Å². The molecule has 0 spiro atoms. The molecule has 17 heavy (non-hydrogen) atoms. The summed E-state index contributed by atoms with van der Waals surface area (Å²) in [7, 11) is 0. The summed E-state index contributed by atoms with van der Waals surface area (Å²) >= 11 is 19.5. The van der Waals surface area contributed by atoms with Crippen LogP contribution in [0.5, 0.6) is 0 Å². The van der Waals surface area contributed by atoms with E-state index in [1.54, 1.807) is 23.5 Å². The molecule has 0 saturated carbocycles. The van der Waals surface area contributed by atoms with E-state index < -0.39 is 0 Å². The molecule has 0 amide bonds. The van der Waals surface area contributed by atoms with Gasteiger partial charge in [0.2, 0.25) is 0 Å². The van der Waals surface area contributed by atoms with Gasteiger partial charge in [0, 0.05) is 15.6 Å². The van der Waals surface area contributed by atoms with E-state index >= 15 is 0 Å². The molecule has 0 fully saturated rings. The predicted molar refractivity (Wildman–Crippen MR) is 77.5 cm³/mol. The maximum atomic E-state index is 6.06. The standard InChI is InChI=1S/C11H9Cl3N2S/c12-6-3-7(13)11(8(14)4-6)16-5-10-9(15)1-2-17-10/h1-4,16H,5,15H2. The zero-order valence-electron chi connectivity index (χ0n) is 8.64. The summed E-state index contributed by atoms with van der Waals surface area (Å²) in [5.74, 6) is 0. The first kappa shape index (κ1) is 12.8. The zero-order chi connectivity index (χ0) is 12.4. The van der Waals surface area contributed by atoms with E-state index in [1.807, 2.05) is 11.4 Å². The first-order valence-corrected chi connectivity index (χ1v) is 6.79. The zero-order valence-corrected chi connectivity index (χ0v) is 11.7. The van der Waals surface area contributed by atoms with Crippen LogP contribution in [0.25, 0.3) is 0 Å². The molecule has 0 unspecified atom stereocenters. The van der Waals surface area contributed by atoms with Gasteiger partial charge >= 0.3 is 0 Å². The molecule has 3 N–H and O–H groups in total. The van der Waals surface area contributed by atoms with Crippen LogP contribution < -0.4 is 11.1 Å². The van der Waals surface area contributed by atoms with Crippen molar-refractivity contribution in [2.45, 2.75) is 6.54 Å². The van der Waals surface area contributed by atoms with Gasteiger partial charge in [0.1, 0.15) is 0 Å². The summed E-state index contributed by atoms with van der Waals surface area (Å²) in [5.41, 5.74) is 7.23. The second-order valence-electron chi connectivity index (χ2n) is 3.40. The highest BCUT2D eigenvalue weighted by molar-refractivity contribution is 7.10. The van der Waals surface area contributed by atoms with Crippen LogP contribution in [0.1, 0.15) is 4.88 Å². The molecule has 6 heteroatoms. The molecule has 1 aromatic heterocycles. The highest BCUT2D eigenvalue weighted by Gasteiger charge is 2.08. The van der Waals surface area contributed by atoms with Crippen LogP contribution in [0.4, 0.5) is 11.4 Å². The van der Waals surface area contributed by atoms with Gasteiger partial charge in [0.05, 0.1) is 22.3 Å². The molecule has 0 aliphatic heterocycles. The Balaban J connectivity index is 2.17. The largest absolute Gasteiger partial charge is 0.398 e. The van der Waals surface area contributed by atoms with Gasteiger partial charge in [-0.05, 0) is 23.6 Å². The molecule has 2 rings (SSSR count). The van der Waals surface area contributed by atoms with E-state index in [1.165, 1.54) is 0 Å². The van der Waals surface area contributed by atoms with E-state index in [0.29, 0.717) is 27.3 Å². The van der Waals surface area contributed by atoms with Crippen molar-refractivity contribution < 1.29 is 0 Å². The number of nitrogens with two attached hydrogens (primary N) is 1. The molecule has 2 nitrogen and oxygen atoms in total. The summed E-state index contributed by atoms with van der Waals surface area (Å²) in [6.45, 7) is 0.588. The lowest BCUT2D eigenvalue weighted by atomic mass is 10.3. The summed E-state index contributed by atoms with van der Waals surface area (Å²) in [5, 5.41) is 6.61. The second-order valence-corrected chi connectivity index (χ2v) is 5.65. The second kappa shape index (κ2) is 5.36. The number of nitrogen functional groups attached to an aromatic ring is 1. The van der Waals surface area contributed by atoms with E-state index in [2.05, 4.69) is 5.32 Å². The number of halogens is 3. The number of thiophene rings is 1.